The minimum absolute atomic E-state index is 0.0120. The minimum Gasteiger partial charge on any atom is -0.394 e. The second-order valence-corrected chi connectivity index (χ2v) is 8.42. The van der Waals surface area contributed by atoms with Gasteiger partial charge in [0, 0.05) is 25.2 Å². The van der Waals surface area contributed by atoms with E-state index < -0.39 is 18.1 Å². The van der Waals surface area contributed by atoms with Crippen LogP contribution in [0.2, 0.25) is 0 Å². The van der Waals surface area contributed by atoms with Crippen LogP contribution in [-0.2, 0) is 4.74 Å². The molecule has 0 radical (unpaired) electrons. The van der Waals surface area contributed by atoms with E-state index in [-0.39, 0.29) is 19.6 Å². The van der Waals surface area contributed by atoms with Gasteiger partial charge < -0.3 is 15.6 Å². The molecule has 0 saturated heterocycles. The van der Waals surface area contributed by atoms with Crippen LogP contribution in [0.15, 0.2) is 35.5 Å². The van der Waals surface area contributed by atoms with Gasteiger partial charge in [-0.15, -0.1) is 0 Å². The van der Waals surface area contributed by atoms with Crippen LogP contribution in [-0.4, -0.2) is 36.6 Å². The number of halogens is 3. The summed E-state index contributed by atoms with van der Waals surface area (Å²) in [6.45, 7) is 6.95. The summed E-state index contributed by atoms with van der Waals surface area (Å²) in [6, 6.07) is 0. The molecule has 0 aromatic heterocycles. The predicted octanol–water partition coefficient (Wildman–Crippen LogP) is 5.06. The van der Waals surface area contributed by atoms with E-state index in [1.54, 1.807) is 0 Å². The lowest BCUT2D eigenvalue weighted by molar-refractivity contribution is -0.138. The van der Waals surface area contributed by atoms with Gasteiger partial charge in [0.15, 0.2) is 0 Å². The molecule has 0 unspecified atom stereocenters. The van der Waals surface area contributed by atoms with E-state index in [0.717, 1.165) is 44.1 Å². The van der Waals surface area contributed by atoms with Gasteiger partial charge in [-0.2, -0.15) is 13.2 Å². The molecule has 2 rings (SSSR count). The molecule has 2 fully saturated rings. The fourth-order valence-electron chi connectivity index (χ4n) is 4.26. The summed E-state index contributed by atoms with van der Waals surface area (Å²) in [5.41, 5.74) is 9.35. The van der Waals surface area contributed by atoms with Gasteiger partial charge in [0.25, 0.3) is 0 Å². The number of nitrogens with two attached hydrogens (primary N) is 1. The normalized spacial score (nSPS) is 31.6. The Morgan fingerprint density at radius 3 is 2.71 bits per heavy atom. The van der Waals surface area contributed by atoms with Crippen molar-refractivity contribution in [1.82, 2.24) is 0 Å². The van der Waals surface area contributed by atoms with E-state index in [1.165, 1.54) is 11.1 Å². The molecule has 0 bridgehead atoms. The molecule has 0 spiro atoms. The SMILES string of the molecule is C=C(/C=C1/CC[C@H](COCCCC(F)(F)F)C/C1=C/C)[C@H]1CC[C@](N)(CO)C1. The first-order valence-corrected chi connectivity index (χ1v) is 10.2. The fraction of sp³-hybridized carbons (Fsp3) is 0.727. The van der Waals surface area contributed by atoms with E-state index in [2.05, 4.69) is 18.7 Å². The lowest BCUT2D eigenvalue weighted by Crippen LogP contribution is -2.40. The van der Waals surface area contributed by atoms with E-state index in [1.807, 2.05) is 6.92 Å². The van der Waals surface area contributed by atoms with Crippen molar-refractivity contribution in [2.24, 2.45) is 17.6 Å². The molecule has 160 valence electrons. The molecule has 28 heavy (non-hydrogen) atoms. The Bertz CT molecular complexity index is 597. The summed E-state index contributed by atoms with van der Waals surface area (Å²) >= 11 is 0. The number of ether oxygens (including phenoxy) is 1. The summed E-state index contributed by atoms with van der Waals surface area (Å²) in [4.78, 5) is 0. The Balaban J connectivity index is 1.81. The van der Waals surface area contributed by atoms with Crippen LogP contribution in [0.1, 0.15) is 58.3 Å². The van der Waals surface area contributed by atoms with Crippen molar-refractivity contribution in [1.29, 1.82) is 0 Å². The lowest BCUT2D eigenvalue weighted by atomic mass is 9.80. The Labute approximate surface area is 166 Å². The quantitative estimate of drug-likeness (QED) is 0.559. The van der Waals surface area contributed by atoms with E-state index >= 15 is 0 Å². The highest BCUT2D eigenvalue weighted by Gasteiger charge is 2.36. The van der Waals surface area contributed by atoms with Crippen LogP contribution in [0.25, 0.3) is 0 Å². The Kier molecular flexibility index (Phi) is 8.34. The Hall–Kier alpha value is -1.11. The van der Waals surface area contributed by atoms with Gasteiger partial charge in [0.2, 0.25) is 0 Å². The smallest absolute Gasteiger partial charge is 0.389 e. The molecule has 6 heteroatoms. The standard InChI is InChI=1S/C22H34F3NO2/c1-3-18-12-17(14-28-10-4-8-22(23,24)25)5-6-19(18)11-16(2)20-7-9-21(26,13-20)15-27/h3,11,17,20,27H,2,4-10,12-15,26H2,1H3/b18-3-,19-11-/t17-,20-,21+/m0/s1. The van der Waals surface area contributed by atoms with Crippen LogP contribution in [0, 0.1) is 11.8 Å². The molecule has 0 aromatic carbocycles. The molecular weight excluding hydrogens is 367 g/mol. The maximum Gasteiger partial charge on any atom is 0.389 e. The maximum absolute atomic E-state index is 12.2. The van der Waals surface area contributed by atoms with Crippen molar-refractivity contribution >= 4 is 0 Å². The second kappa shape index (κ2) is 10.1. The molecule has 2 saturated carbocycles. The highest BCUT2D eigenvalue weighted by molar-refractivity contribution is 5.39. The first-order valence-electron chi connectivity index (χ1n) is 10.2. The zero-order chi connectivity index (χ0) is 20.8. The number of aliphatic hydroxyl groups excluding tert-OH is 1. The number of alkyl halides is 3. The monoisotopic (exact) mass is 401 g/mol. The molecule has 0 aliphatic heterocycles. The zero-order valence-electron chi connectivity index (χ0n) is 16.9. The molecule has 0 amide bonds. The molecule has 3 atom stereocenters. The number of hydrogen-bond donors (Lipinski definition) is 2. The molecule has 0 aromatic rings. The number of allylic oxidation sites excluding steroid dienone is 5. The molecular formula is C22H34F3NO2. The van der Waals surface area contributed by atoms with Gasteiger partial charge in [-0.1, -0.05) is 24.3 Å². The first-order chi connectivity index (χ1) is 13.2. The van der Waals surface area contributed by atoms with Gasteiger partial charge in [0.1, 0.15) is 0 Å². The van der Waals surface area contributed by atoms with Crippen LogP contribution in [0.5, 0.6) is 0 Å². The zero-order valence-corrected chi connectivity index (χ0v) is 16.9. The molecule has 2 aliphatic rings. The van der Waals surface area contributed by atoms with Crippen LogP contribution in [0.3, 0.4) is 0 Å². The van der Waals surface area contributed by atoms with E-state index in [0.29, 0.717) is 18.4 Å². The fourth-order valence-corrected chi connectivity index (χ4v) is 4.26. The lowest BCUT2D eigenvalue weighted by Gasteiger charge is -2.27. The van der Waals surface area contributed by atoms with Crippen LogP contribution >= 0.6 is 0 Å². The Morgan fingerprint density at radius 1 is 1.36 bits per heavy atom. The average Bonchev–Trinajstić information content (AvgIpc) is 3.04. The molecule has 2 aliphatic carbocycles. The summed E-state index contributed by atoms with van der Waals surface area (Å²) in [5.74, 6) is 0.664. The van der Waals surface area contributed by atoms with Crippen molar-refractivity contribution < 1.29 is 23.0 Å². The van der Waals surface area contributed by atoms with E-state index in [4.69, 9.17) is 10.5 Å². The first kappa shape index (κ1) is 23.2. The molecule has 0 heterocycles. The van der Waals surface area contributed by atoms with Gasteiger partial charge in [-0.25, -0.2) is 0 Å². The largest absolute Gasteiger partial charge is 0.394 e. The van der Waals surface area contributed by atoms with Gasteiger partial charge in [0.05, 0.1) is 6.61 Å². The third-order valence-electron chi connectivity index (χ3n) is 6.04. The summed E-state index contributed by atoms with van der Waals surface area (Å²) in [5, 5.41) is 9.45. The van der Waals surface area contributed by atoms with Crippen LogP contribution < -0.4 is 5.73 Å². The van der Waals surface area contributed by atoms with Crippen LogP contribution in [0.4, 0.5) is 13.2 Å². The maximum atomic E-state index is 12.2. The summed E-state index contributed by atoms with van der Waals surface area (Å²) in [7, 11) is 0. The highest BCUT2D eigenvalue weighted by atomic mass is 19.4. The summed E-state index contributed by atoms with van der Waals surface area (Å²) < 4.78 is 42.0. The minimum atomic E-state index is -4.10. The molecule has 3 nitrogen and oxygen atoms in total. The number of hydrogen-bond acceptors (Lipinski definition) is 3. The van der Waals surface area contributed by atoms with Crippen molar-refractivity contribution in [2.45, 2.75) is 70.0 Å². The van der Waals surface area contributed by atoms with Gasteiger partial charge in [-0.3, -0.25) is 0 Å². The van der Waals surface area contributed by atoms with Crippen molar-refractivity contribution in [3.63, 3.8) is 0 Å². The van der Waals surface area contributed by atoms with Crippen molar-refractivity contribution in [3.8, 4) is 0 Å². The highest BCUT2D eigenvalue weighted by Crippen LogP contribution is 2.39. The average molecular weight is 402 g/mol. The third-order valence-corrected chi connectivity index (χ3v) is 6.04. The Morgan fingerprint density at radius 2 is 2.11 bits per heavy atom. The number of rotatable bonds is 8. The third kappa shape index (κ3) is 7.05. The summed E-state index contributed by atoms with van der Waals surface area (Å²) in [6.07, 6.45) is 4.77. The second-order valence-electron chi connectivity index (χ2n) is 8.42. The predicted molar refractivity (Wildman–Crippen MR) is 106 cm³/mol. The van der Waals surface area contributed by atoms with E-state index in [9.17, 15) is 18.3 Å². The van der Waals surface area contributed by atoms with Gasteiger partial charge in [-0.05, 0) is 74.9 Å². The topological polar surface area (TPSA) is 55.5 Å². The van der Waals surface area contributed by atoms with Crippen molar-refractivity contribution in [3.05, 3.63) is 35.5 Å². The van der Waals surface area contributed by atoms with Crippen molar-refractivity contribution in [2.75, 3.05) is 19.8 Å². The molecule has 3 N–H and O–H groups in total. The number of aliphatic hydroxyl groups is 1. The van der Waals surface area contributed by atoms with Gasteiger partial charge >= 0.3 is 6.18 Å².